The number of aromatic nitrogens is 2. The van der Waals surface area contributed by atoms with Gasteiger partial charge in [-0.1, -0.05) is 6.07 Å². The molecule has 118 valence electrons. The van der Waals surface area contributed by atoms with Gasteiger partial charge in [-0.25, -0.2) is 4.98 Å². The van der Waals surface area contributed by atoms with Gasteiger partial charge in [0.1, 0.15) is 5.65 Å². The Morgan fingerprint density at radius 2 is 2.32 bits per heavy atom. The molecule has 1 aliphatic heterocycles. The molecule has 22 heavy (non-hydrogen) atoms. The van der Waals surface area contributed by atoms with E-state index in [0.29, 0.717) is 6.54 Å². The number of carbonyl (C=O) groups is 1. The summed E-state index contributed by atoms with van der Waals surface area (Å²) in [5, 5.41) is 2.98. The second-order valence-electron chi connectivity index (χ2n) is 5.89. The fraction of sp³-hybridized carbons (Fsp3) is 0.500. The van der Waals surface area contributed by atoms with Gasteiger partial charge >= 0.3 is 0 Å². The van der Waals surface area contributed by atoms with Crippen LogP contribution in [0.25, 0.3) is 5.65 Å². The SMILES string of the molecule is CO[C@H]1C[C@@H](C(=O)NCc2cn3c(C)cccc3n2)N(C)C1. The molecule has 0 radical (unpaired) electrons. The molecule has 0 spiro atoms. The maximum absolute atomic E-state index is 12.3. The molecular weight excluding hydrogens is 280 g/mol. The highest BCUT2D eigenvalue weighted by molar-refractivity contribution is 5.82. The Morgan fingerprint density at radius 3 is 3.00 bits per heavy atom. The zero-order valence-corrected chi connectivity index (χ0v) is 13.2. The zero-order valence-electron chi connectivity index (χ0n) is 13.2. The van der Waals surface area contributed by atoms with Crippen molar-refractivity contribution in [1.29, 1.82) is 0 Å². The maximum Gasteiger partial charge on any atom is 0.237 e. The van der Waals surface area contributed by atoms with E-state index in [-0.39, 0.29) is 18.1 Å². The lowest BCUT2D eigenvalue weighted by atomic mass is 10.2. The molecule has 1 fully saturated rings. The molecule has 1 amide bonds. The van der Waals surface area contributed by atoms with Gasteiger partial charge in [0.2, 0.25) is 5.91 Å². The number of carbonyl (C=O) groups excluding carboxylic acids is 1. The smallest absolute Gasteiger partial charge is 0.237 e. The summed E-state index contributed by atoms with van der Waals surface area (Å²) >= 11 is 0. The molecule has 2 atom stereocenters. The van der Waals surface area contributed by atoms with Gasteiger partial charge in [0.05, 0.1) is 24.4 Å². The highest BCUT2D eigenvalue weighted by atomic mass is 16.5. The third-order valence-corrected chi connectivity index (χ3v) is 4.34. The first-order valence-electron chi connectivity index (χ1n) is 7.53. The number of ether oxygens (including phenoxy) is 1. The third kappa shape index (κ3) is 2.84. The summed E-state index contributed by atoms with van der Waals surface area (Å²) in [4.78, 5) is 18.9. The van der Waals surface area contributed by atoms with Crippen molar-refractivity contribution in [1.82, 2.24) is 19.6 Å². The van der Waals surface area contributed by atoms with Crippen molar-refractivity contribution < 1.29 is 9.53 Å². The normalized spacial score (nSPS) is 22.3. The van der Waals surface area contributed by atoms with Crippen LogP contribution >= 0.6 is 0 Å². The summed E-state index contributed by atoms with van der Waals surface area (Å²) < 4.78 is 7.37. The van der Waals surface area contributed by atoms with E-state index in [2.05, 4.69) is 10.3 Å². The van der Waals surface area contributed by atoms with Crippen molar-refractivity contribution in [3.63, 3.8) is 0 Å². The van der Waals surface area contributed by atoms with Crippen LogP contribution in [0.1, 0.15) is 17.8 Å². The van der Waals surface area contributed by atoms with E-state index >= 15 is 0 Å². The maximum atomic E-state index is 12.3. The van der Waals surface area contributed by atoms with Crippen molar-refractivity contribution in [2.75, 3.05) is 20.7 Å². The molecule has 1 N–H and O–H groups in total. The molecule has 2 aromatic rings. The van der Waals surface area contributed by atoms with Crippen molar-refractivity contribution in [2.45, 2.75) is 32.0 Å². The number of nitrogens with zero attached hydrogens (tertiary/aromatic N) is 3. The molecule has 1 saturated heterocycles. The van der Waals surface area contributed by atoms with Crippen LogP contribution in [-0.2, 0) is 16.1 Å². The molecule has 0 aromatic carbocycles. The first-order chi connectivity index (χ1) is 10.6. The van der Waals surface area contributed by atoms with Gasteiger partial charge in [-0.3, -0.25) is 9.69 Å². The quantitative estimate of drug-likeness (QED) is 0.914. The number of methoxy groups -OCH3 is 1. The Balaban J connectivity index is 1.64. The van der Waals surface area contributed by atoms with Gasteiger partial charge in [-0.15, -0.1) is 0 Å². The van der Waals surface area contributed by atoms with Gasteiger partial charge < -0.3 is 14.5 Å². The van der Waals surface area contributed by atoms with E-state index in [9.17, 15) is 4.79 Å². The van der Waals surface area contributed by atoms with E-state index in [4.69, 9.17) is 4.74 Å². The second kappa shape index (κ2) is 6.06. The molecule has 0 bridgehead atoms. The Bertz CT molecular complexity index is 682. The lowest BCUT2D eigenvalue weighted by Gasteiger charge is -2.17. The monoisotopic (exact) mass is 302 g/mol. The fourth-order valence-electron chi connectivity index (χ4n) is 3.01. The van der Waals surface area contributed by atoms with E-state index < -0.39 is 0 Å². The number of fused-ring (bicyclic) bond motifs is 1. The largest absolute Gasteiger partial charge is 0.380 e. The van der Waals surface area contributed by atoms with Gasteiger partial charge in [-0.05, 0) is 32.5 Å². The van der Waals surface area contributed by atoms with Crippen LogP contribution in [0.5, 0.6) is 0 Å². The van der Waals surface area contributed by atoms with E-state index in [1.165, 1.54) is 0 Å². The number of aryl methyl sites for hydroxylation is 1. The Labute approximate surface area is 130 Å². The number of hydrogen-bond donors (Lipinski definition) is 1. The molecule has 0 saturated carbocycles. The number of likely N-dealkylation sites (tertiary alicyclic amines) is 1. The lowest BCUT2D eigenvalue weighted by Crippen LogP contribution is -2.41. The number of likely N-dealkylation sites (N-methyl/N-ethyl adjacent to an activating group) is 1. The average molecular weight is 302 g/mol. The molecule has 2 aromatic heterocycles. The summed E-state index contributed by atoms with van der Waals surface area (Å²) in [5.74, 6) is 0.0378. The number of amides is 1. The molecule has 6 heteroatoms. The Kier molecular flexibility index (Phi) is 4.13. The minimum absolute atomic E-state index is 0.0378. The van der Waals surface area contributed by atoms with Crippen LogP contribution in [0, 0.1) is 6.92 Å². The summed E-state index contributed by atoms with van der Waals surface area (Å²) in [5.41, 5.74) is 2.90. The minimum atomic E-state index is -0.122. The Morgan fingerprint density at radius 1 is 1.50 bits per heavy atom. The first kappa shape index (κ1) is 15.0. The molecule has 0 unspecified atom stereocenters. The third-order valence-electron chi connectivity index (χ3n) is 4.34. The predicted molar refractivity (Wildman–Crippen MR) is 83.6 cm³/mol. The number of nitrogens with one attached hydrogen (secondary N) is 1. The molecule has 3 rings (SSSR count). The van der Waals surface area contributed by atoms with Gasteiger partial charge in [0, 0.05) is 25.5 Å². The number of imidazole rings is 1. The highest BCUT2D eigenvalue weighted by Gasteiger charge is 2.34. The number of hydrogen-bond acceptors (Lipinski definition) is 4. The fourth-order valence-corrected chi connectivity index (χ4v) is 3.01. The zero-order chi connectivity index (χ0) is 15.7. The first-order valence-corrected chi connectivity index (χ1v) is 7.53. The van der Waals surface area contributed by atoms with Crippen LogP contribution in [0.15, 0.2) is 24.4 Å². The number of pyridine rings is 1. The van der Waals surface area contributed by atoms with Gasteiger partial charge in [0.25, 0.3) is 0 Å². The van der Waals surface area contributed by atoms with E-state index in [1.54, 1.807) is 7.11 Å². The van der Waals surface area contributed by atoms with E-state index in [1.807, 2.05) is 47.7 Å². The van der Waals surface area contributed by atoms with Gasteiger partial charge in [-0.2, -0.15) is 0 Å². The molecule has 6 nitrogen and oxygen atoms in total. The lowest BCUT2D eigenvalue weighted by molar-refractivity contribution is -0.125. The minimum Gasteiger partial charge on any atom is -0.380 e. The predicted octanol–water partition coefficient (Wildman–Crippen LogP) is 0.978. The Hall–Kier alpha value is -1.92. The second-order valence-corrected chi connectivity index (χ2v) is 5.89. The average Bonchev–Trinajstić information content (AvgIpc) is 3.09. The van der Waals surface area contributed by atoms with E-state index in [0.717, 1.165) is 30.0 Å². The molecule has 3 heterocycles. The topological polar surface area (TPSA) is 58.9 Å². The summed E-state index contributed by atoms with van der Waals surface area (Å²) in [6.45, 7) is 3.28. The summed E-state index contributed by atoms with van der Waals surface area (Å²) in [6.07, 6.45) is 2.85. The van der Waals surface area contributed by atoms with Crippen LogP contribution in [0.2, 0.25) is 0 Å². The molecule has 0 aliphatic carbocycles. The van der Waals surface area contributed by atoms with Crippen LogP contribution in [0.4, 0.5) is 0 Å². The van der Waals surface area contributed by atoms with Crippen molar-refractivity contribution >= 4 is 11.6 Å². The van der Waals surface area contributed by atoms with Gasteiger partial charge in [0.15, 0.2) is 0 Å². The standard InChI is InChI=1S/C16H22N4O2/c1-11-5-4-6-15-18-12(9-20(11)15)8-17-16(21)14-7-13(22-3)10-19(14)2/h4-6,9,13-14H,7-8,10H2,1-3H3,(H,17,21)/t13-,14-/m0/s1. The summed E-state index contributed by atoms with van der Waals surface area (Å²) in [7, 11) is 3.65. The van der Waals surface area contributed by atoms with Crippen molar-refractivity contribution in [2.24, 2.45) is 0 Å². The van der Waals surface area contributed by atoms with Crippen molar-refractivity contribution in [3.05, 3.63) is 35.8 Å². The van der Waals surface area contributed by atoms with Crippen LogP contribution < -0.4 is 5.32 Å². The number of rotatable bonds is 4. The summed E-state index contributed by atoms with van der Waals surface area (Å²) in [6, 6.07) is 5.86. The van der Waals surface area contributed by atoms with Crippen LogP contribution in [0.3, 0.4) is 0 Å². The molecule has 1 aliphatic rings. The molecular formula is C16H22N4O2. The van der Waals surface area contributed by atoms with Crippen LogP contribution in [-0.4, -0.2) is 53.0 Å². The highest BCUT2D eigenvalue weighted by Crippen LogP contribution is 2.18. The van der Waals surface area contributed by atoms with Crippen molar-refractivity contribution in [3.8, 4) is 0 Å².